The zero-order valence-corrected chi connectivity index (χ0v) is 18.6. The predicted octanol–water partition coefficient (Wildman–Crippen LogP) is 1.53. The molecule has 0 aromatic heterocycles. The van der Waals surface area contributed by atoms with E-state index in [9.17, 15) is 38.3 Å². The molecule has 3 rings (SSSR count). The molecule has 11 nitrogen and oxygen atoms in total. The minimum atomic E-state index is -4.41. The second kappa shape index (κ2) is 9.83. The molecule has 13 heteroatoms. The van der Waals surface area contributed by atoms with E-state index < -0.39 is 45.1 Å². The van der Waals surface area contributed by atoms with Gasteiger partial charge in [-0.3, -0.25) is 14.9 Å². The largest absolute Gasteiger partial charge is 0.480 e. The molecule has 2 unspecified atom stereocenters. The molecule has 1 fully saturated rings. The van der Waals surface area contributed by atoms with Crippen LogP contribution in [-0.4, -0.2) is 58.0 Å². The topological polar surface area (TPSA) is 167 Å². The highest BCUT2D eigenvalue weighted by atomic mass is 35.5. The lowest BCUT2D eigenvalue weighted by Gasteiger charge is -2.27. The number of halogens is 1. The van der Waals surface area contributed by atoms with E-state index in [4.69, 9.17) is 11.6 Å². The van der Waals surface area contributed by atoms with Crippen LogP contribution in [0.4, 0.5) is 5.69 Å². The van der Waals surface area contributed by atoms with E-state index in [1.807, 2.05) is 0 Å². The molecule has 33 heavy (non-hydrogen) atoms. The van der Waals surface area contributed by atoms with E-state index in [1.54, 1.807) is 24.3 Å². The molecular formula is C20H20ClN3O8S. The van der Waals surface area contributed by atoms with Crippen LogP contribution in [0.1, 0.15) is 18.4 Å². The van der Waals surface area contributed by atoms with Gasteiger partial charge in [-0.15, -0.1) is 0 Å². The molecule has 0 bridgehead atoms. The Morgan fingerprint density at radius 3 is 2.30 bits per heavy atom. The third-order valence-electron chi connectivity index (χ3n) is 5.19. The molecule has 3 atom stereocenters. The van der Waals surface area contributed by atoms with Crippen LogP contribution in [0.3, 0.4) is 0 Å². The maximum absolute atomic E-state index is 13.1. The van der Waals surface area contributed by atoms with Crippen LogP contribution < -0.4 is 5.32 Å². The molecule has 0 radical (unpaired) electrons. The first-order valence-electron chi connectivity index (χ1n) is 9.74. The van der Waals surface area contributed by atoms with Crippen LogP contribution in [0.5, 0.6) is 0 Å². The fourth-order valence-electron chi connectivity index (χ4n) is 3.53. The van der Waals surface area contributed by atoms with E-state index in [-0.39, 0.29) is 29.8 Å². The van der Waals surface area contributed by atoms with Gasteiger partial charge in [0.05, 0.1) is 9.82 Å². The van der Waals surface area contributed by atoms with Gasteiger partial charge in [0.25, 0.3) is 5.69 Å². The van der Waals surface area contributed by atoms with E-state index in [0.717, 1.165) is 24.3 Å². The molecular weight excluding hydrogens is 478 g/mol. The summed E-state index contributed by atoms with van der Waals surface area (Å²) in [7, 11) is -4.41. The van der Waals surface area contributed by atoms with E-state index >= 15 is 0 Å². The Bertz CT molecular complexity index is 1150. The number of carbonyl (C=O) groups is 2. The van der Waals surface area contributed by atoms with Crippen LogP contribution >= 0.6 is 11.6 Å². The normalized spacial score (nSPS) is 19.7. The van der Waals surface area contributed by atoms with Gasteiger partial charge in [-0.25, -0.2) is 13.2 Å². The maximum atomic E-state index is 13.1. The van der Waals surface area contributed by atoms with Crippen LogP contribution in [0.25, 0.3) is 0 Å². The number of nitrogens with one attached hydrogen (secondary N) is 1. The highest BCUT2D eigenvalue weighted by Gasteiger charge is 2.45. The maximum Gasteiger partial charge on any atom is 0.326 e. The predicted molar refractivity (Wildman–Crippen MR) is 116 cm³/mol. The van der Waals surface area contributed by atoms with Crippen LogP contribution in [0.2, 0.25) is 5.02 Å². The number of carboxylic acid groups (broad SMARTS) is 1. The monoisotopic (exact) mass is 497 g/mol. The highest BCUT2D eigenvalue weighted by Crippen LogP contribution is 2.31. The minimum Gasteiger partial charge on any atom is -0.480 e. The lowest BCUT2D eigenvalue weighted by Crippen LogP contribution is -2.53. The van der Waals surface area contributed by atoms with Gasteiger partial charge in [0.2, 0.25) is 15.9 Å². The lowest BCUT2D eigenvalue weighted by atomic mass is 10.1. The van der Waals surface area contributed by atoms with Crippen molar-refractivity contribution in [2.75, 3.05) is 0 Å². The molecule has 176 valence electrons. The number of hydrogen-bond donors (Lipinski definition) is 3. The third kappa shape index (κ3) is 5.47. The van der Waals surface area contributed by atoms with Gasteiger partial charge in [-0.05, 0) is 42.7 Å². The van der Waals surface area contributed by atoms with Crippen molar-refractivity contribution in [1.29, 1.82) is 0 Å². The third-order valence-corrected chi connectivity index (χ3v) is 7.37. The van der Waals surface area contributed by atoms with Gasteiger partial charge in [0.15, 0.2) is 0 Å². The second-order valence-corrected chi connectivity index (χ2v) is 9.67. The summed E-state index contributed by atoms with van der Waals surface area (Å²) in [4.78, 5) is 34.4. The minimum absolute atomic E-state index is 0.0352. The van der Waals surface area contributed by atoms with Crippen LogP contribution in [-0.2, 0) is 26.0 Å². The number of nitrogens with zero attached hydrogens (tertiary/aromatic N) is 2. The summed E-state index contributed by atoms with van der Waals surface area (Å²) in [5.41, 5.74) is 0.269. The van der Waals surface area contributed by atoms with Crippen LogP contribution in [0.15, 0.2) is 53.4 Å². The van der Waals surface area contributed by atoms with Gasteiger partial charge in [0.1, 0.15) is 18.3 Å². The fraction of sp³-hybridized carbons (Fsp3) is 0.300. The quantitative estimate of drug-likeness (QED) is 0.364. The number of carbonyl (C=O) groups excluding carboxylic acids is 1. The molecule has 2 aromatic carbocycles. The van der Waals surface area contributed by atoms with E-state index in [1.165, 1.54) is 0 Å². The number of nitro groups is 1. The number of carboxylic acids is 1. The number of nitro benzene ring substituents is 1. The molecule has 0 spiro atoms. The Morgan fingerprint density at radius 2 is 1.76 bits per heavy atom. The smallest absolute Gasteiger partial charge is 0.326 e. The van der Waals surface area contributed by atoms with Crippen molar-refractivity contribution in [2.24, 2.45) is 0 Å². The number of aliphatic hydroxyl groups excluding tert-OH is 1. The number of hydrogen-bond acceptors (Lipinski definition) is 7. The summed E-state index contributed by atoms with van der Waals surface area (Å²) in [6.07, 6.45) is -1.66. The first-order valence-corrected chi connectivity index (χ1v) is 11.6. The summed E-state index contributed by atoms with van der Waals surface area (Å²) in [5, 5.41) is 33.4. The number of amides is 1. The Balaban J connectivity index is 1.81. The van der Waals surface area contributed by atoms with E-state index in [0.29, 0.717) is 14.9 Å². The summed E-state index contributed by atoms with van der Waals surface area (Å²) in [5.74, 6) is -2.19. The van der Waals surface area contributed by atoms with Crippen molar-refractivity contribution >= 4 is 39.2 Å². The number of benzene rings is 2. The number of aliphatic hydroxyl groups is 1. The average Bonchev–Trinajstić information content (AvgIpc) is 3.17. The molecule has 1 aliphatic rings. The van der Waals surface area contributed by atoms with Gasteiger partial charge in [0, 0.05) is 23.6 Å². The Hall–Kier alpha value is -3.06. The average molecular weight is 498 g/mol. The van der Waals surface area contributed by atoms with E-state index in [2.05, 4.69) is 5.32 Å². The first-order chi connectivity index (χ1) is 15.5. The molecule has 2 aromatic rings. The summed E-state index contributed by atoms with van der Waals surface area (Å²) >= 11 is 5.82. The van der Waals surface area contributed by atoms with Gasteiger partial charge in [-0.2, -0.15) is 4.31 Å². The summed E-state index contributed by atoms with van der Waals surface area (Å²) < 4.78 is 26.7. The Morgan fingerprint density at radius 1 is 1.15 bits per heavy atom. The summed E-state index contributed by atoms with van der Waals surface area (Å²) in [6.45, 7) is 0. The van der Waals surface area contributed by atoms with Gasteiger partial charge < -0.3 is 15.5 Å². The highest BCUT2D eigenvalue weighted by molar-refractivity contribution is 7.89. The molecule has 0 aliphatic carbocycles. The molecule has 1 amide bonds. The van der Waals surface area contributed by atoms with Crippen molar-refractivity contribution in [3.63, 3.8) is 0 Å². The van der Waals surface area contributed by atoms with Gasteiger partial charge in [-0.1, -0.05) is 23.7 Å². The Kier molecular flexibility index (Phi) is 7.32. The number of aliphatic carboxylic acids is 1. The zero-order chi connectivity index (χ0) is 24.3. The summed E-state index contributed by atoms with van der Waals surface area (Å²) in [6, 6.07) is 7.67. The van der Waals surface area contributed by atoms with Crippen molar-refractivity contribution in [1.82, 2.24) is 9.62 Å². The van der Waals surface area contributed by atoms with Crippen molar-refractivity contribution in [3.8, 4) is 0 Å². The molecule has 1 aliphatic heterocycles. The number of non-ortho nitro benzene ring substituents is 1. The zero-order valence-electron chi connectivity index (χ0n) is 17.0. The van der Waals surface area contributed by atoms with Crippen molar-refractivity contribution in [3.05, 3.63) is 69.2 Å². The van der Waals surface area contributed by atoms with Crippen molar-refractivity contribution < 1.29 is 33.1 Å². The van der Waals surface area contributed by atoms with Crippen molar-refractivity contribution in [2.45, 2.75) is 42.5 Å². The molecule has 3 N–H and O–H groups in total. The number of rotatable bonds is 8. The molecule has 0 saturated carbocycles. The fourth-order valence-corrected chi connectivity index (χ4v) is 5.34. The standard InChI is InChI=1S/C20H20ClN3O8S/c21-13-3-1-12(2-4-13)11-16(20(27)28)22-19(26)17-9-10-18(25)23(17)33(31,32)15-7-5-14(6-8-15)24(29)30/h1-8,16-18,25H,9-11H2,(H,22,26)(H,27,28)/t16?,17-,18?/m0/s1. The Labute approximate surface area is 193 Å². The van der Waals surface area contributed by atoms with Crippen LogP contribution in [0, 0.1) is 10.1 Å². The molecule has 1 saturated heterocycles. The SMILES string of the molecule is O=C(O)C(Cc1ccc(Cl)cc1)NC(=O)[C@@H]1CCC(O)N1S(=O)(=O)c1ccc([N+](=O)[O-])cc1. The van der Waals surface area contributed by atoms with Gasteiger partial charge >= 0.3 is 5.97 Å². The first kappa shape index (κ1) is 24.6. The molecule has 1 heterocycles. The lowest BCUT2D eigenvalue weighted by molar-refractivity contribution is -0.384. The second-order valence-electron chi connectivity index (χ2n) is 7.39. The number of sulfonamides is 1.